The normalized spacial score (nSPS) is 20.5. The van der Waals surface area contributed by atoms with E-state index in [1.54, 1.807) is 0 Å². The number of benzene rings is 1. The summed E-state index contributed by atoms with van der Waals surface area (Å²) in [4.78, 5) is 15.0. The standard InChI is InChI=1S/C16H20ClN5O/c1-10-18-15(21-16(19-10)22(2)3)20-13-8-9-23-14(13)11-4-6-12(17)7-5-11/h4-7,13-14H,8-9H2,1-3H3,(H,18,19,20,21)/t13-,14-/m1/s1. The zero-order valence-electron chi connectivity index (χ0n) is 13.5. The number of rotatable bonds is 4. The third-order valence-corrected chi connectivity index (χ3v) is 3.99. The monoisotopic (exact) mass is 333 g/mol. The maximum atomic E-state index is 5.96. The summed E-state index contributed by atoms with van der Waals surface area (Å²) in [6.07, 6.45) is 0.863. The van der Waals surface area contributed by atoms with Crippen molar-refractivity contribution < 1.29 is 4.74 Å². The highest BCUT2D eigenvalue weighted by atomic mass is 35.5. The molecule has 0 saturated carbocycles. The second kappa shape index (κ2) is 6.68. The number of ether oxygens (including phenoxy) is 1. The number of hydrogen-bond donors (Lipinski definition) is 1. The van der Waals surface area contributed by atoms with Crippen LogP contribution in [0.2, 0.25) is 5.02 Å². The van der Waals surface area contributed by atoms with Gasteiger partial charge < -0.3 is 15.0 Å². The van der Waals surface area contributed by atoms with Crippen LogP contribution in [0.15, 0.2) is 24.3 Å². The highest BCUT2D eigenvalue weighted by Crippen LogP contribution is 2.31. The first-order chi connectivity index (χ1) is 11.0. The zero-order chi connectivity index (χ0) is 16.4. The van der Waals surface area contributed by atoms with Gasteiger partial charge in [0.2, 0.25) is 11.9 Å². The molecule has 1 saturated heterocycles. The number of anilines is 2. The number of hydrogen-bond acceptors (Lipinski definition) is 6. The molecule has 0 unspecified atom stereocenters. The van der Waals surface area contributed by atoms with Crippen molar-refractivity contribution in [1.29, 1.82) is 0 Å². The molecule has 1 aromatic carbocycles. The molecule has 122 valence electrons. The minimum Gasteiger partial charge on any atom is -0.371 e. The Bertz CT molecular complexity index is 677. The second-order valence-corrected chi connectivity index (χ2v) is 6.22. The lowest BCUT2D eigenvalue weighted by Gasteiger charge is -2.21. The van der Waals surface area contributed by atoms with Crippen LogP contribution in [0.1, 0.15) is 23.9 Å². The minimum absolute atomic E-state index is 0.0351. The van der Waals surface area contributed by atoms with Crippen LogP contribution < -0.4 is 10.2 Å². The van der Waals surface area contributed by atoms with Crippen molar-refractivity contribution in [2.75, 3.05) is 30.9 Å². The maximum absolute atomic E-state index is 5.96. The maximum Gasteiger partial charge on any atom is 0.229 e. The molecule has 2 aromatic rings. The number of nitrogens with zero attached hydrogens (tertiary/aromatic N) is 4. The van der Waals surface area contributed by atoms with Crippen molar-refractivity contribution >= 4 is 23.5 Å². The van der Waals surface area contributed by atoms with Crippen LogP contribution in [0.3, 0.4) is 0 Å². The molecule has 1 aliphatic heterocycles. The second-order valence-electron chi connectivity index (χ2n) is 5.78. The molecule has 23 heavy (non-hydrogen) atoms. The third-order valence-electron chi connectivity index (χ3n) is 3.74. The smallest absolute Gasteiger partial charge is 0.229 e. The molecular weight excluding hydrogens is 314 g/mol. The molecule has 3 rings (SSSR count). The molecule has 0 amide bonds. The van der Waals surface area contributed by atoms with E-state index in [0.29, 0.717) is 24.3 Å². The van der Waals surface area contributed by atoms with Crippen LogP contribution >= 0.6 is 11.6 Å². The Kier molecular flexibility index (Phi) is 4.63. The van der Waals surface area contributed by atoms with Gasteiger partial charge in [-0.05, 0) is 31.0 Å². The van der Waals surface area contributed by atoms with Gasteiger partial charge in [-0.15, -0.1) is 0 Å². The van der Waals surface area contributed by atoms with Gasteiger partial charge in [0.05, 0.1) is 6.04 Å². The van der Waals surface area contributed by atoms with Gasteiger partial charge in [-0.1, -0.05) is 23.7 Å². The fourth-order valence-electron chi connectivity index (χ4n) is 2.62. The fourth-order valence-corrected chi connectivity index (χ4v) is 2.74. The molecule has 2 heterocycles. The van der Waals surface area contributed by atoms with E-state index in [2.05, 4.69) is 20.3 Å². The van der Waals surface area contributed by atoms with Crippen molar-refractivity contribution in [1.82, 2.24) is 15.0 Å². The molecular formula is C16H20ClN5O. The molecule has 1 aromatic heterocycles. The summed E-state index contributed by atoms with van der Waals surface area (Å²) in [5.41, 5.74) is 1.10. The summed E-state index contributed by atoms with van der Waals surface area (Å²) in [5, 5.41) is 4.12. The molecule has 1 N–H and O–H groups in total. The molecule has 0 bridgehead atoms. The van der Waals surface area contributed by atoms with E-state index >= 15 is 0 Å². The molecule has 0 radical (unpaired) electrons. The Labute approximate surface area is 140 Å². The Hall–Kier alpha value is -1.92. The van der Waals surface area contributed by atoms with Crippen LogP contribution in [-0.4, -0.2) is 41.7 Å². The lowest BCUT2D eigenvalue weighted by atomic mass is 10.0. The van der Waals surface area contributed by atoms with E-state index in [0.717, 1.165) is 17.0 Å². The lowest BCUT2D eigenvalue weighted by Crippen LogP contribution is -2.25. The summed E-state index contributed by atoms with van der Waals surface area (Å²) in [6, 6.07) is 7.88. The Morgan fingerprint density at radius 2 is 1.91 bits per heavy atom. The summed E-state index contributed by atoms with van der Waals surface area (Å²) in [6.45, 7) is 2.57. The van der Waals surface area contributed by atoms with Crippen LogP contribution in [0, 0.1) is 6.92 Å². The van der Waals surface area contributed by atoms with Crippen LogP contribution in [0.25, 0.3) is 0 Å². The number of aryl methyl sites for hydroxylation is 1. The van der Waals surface area contributed by atoms with E-state index in [4.69, 9.17) is 16.3 Å². The predicted molar refractivity (Wildman–Crippen MR) is 91.1 cm³/mol. The SMILES string of the molecule is Cc1nc(N[C@@H]2CCO[C@@H]2c2ccc(Cl)cc2)nc(N(C)C)n1. The molecule has 7 heteroatoms. The van der Waals surface area contributed by atoms with E-state index in [-0.39, 0.29) is 12.1 Å². The summed E-state index contributed by atoms with van der Waals surface area (Å²) in [5.74, 6) is 1.91. The van der Waals surface area contributed by atoms with E-state index in [1.807, 2.05) is 50.2 Å². The summed E-state index contributed by atoms with van der Waals surface area (Å²) < 4.78 is 5.88. The average molecular weight is 334 g/mol. The van der Waals surface area contributed by atoms with Crippen molar-refractivity contribution in [2.45, 2.75) is 25.5 Å². The third kappa shape index (κ3) is 3.71. The number of aromatic nitrogens is 3. The lowest BCUT2D eigenvalue weighted by molar-refractivity contribution is 0.107. The zero-order valence-corrected chi connectivity index (χ0v) is 14.2. The highest BCUT2D eigenvalue weighted by Gasteiger charge is 2.30. The molecule has 1 fully saturated rings. The first kappa shape index (κ1) is 16.0. The quantitative estimate of drug-likeness (QED) is 0.928. The number of nitrogens with one attached hydrogen (secondary N) is 1. The van der Waals surface area contributed by atoms with Gasteiger partial charge in [-0.3, -0.25) is 0 Å². The van der Waals surface area contributed by atoms with Gasteiger partial charge in [-0.2, -0.15) is 15.0 Å². The van der Waals surface area contributed by atoms with Gasteiger partial charge in [0, 0.05) is 25.7 Å². The first-order valence-electron chi connectivity index (χ1n) is 7.56. The van der Waals surface area contributed by atoms with Crippen molar-refractivity contribution in [3.8, 4) is 0 Å². The van der Waals surface area contributed by atoms with Crippen molar-refractivity contribution in [3.05, 3.63) is 40.7 Å². The van der Waals surface area contributed by atoms with E-state index in [9.17, 15) is 0 Å². The van der Waals surface area contributed by atoms with Crippen molar-refractivity contribution in [2.24, 2.45) is 0 Å². The highest BCUT2D eigenvalue weighted by molar-refractivity contribution is 6.30. The average Bonchev–Trinajstić information content (AvgIpc) is 2.95. The van der Waals surface area contributed by atoms with Crippen LogP contribution in [-0.2, 0) is 4.74 Å². The molecule has 2 atom stereocenters. The first-order valence-corrected chi connectivity index (χ1v) is 7.94. The van der Waals surface area contributed by atoms with Crippen LogP contribution in [0.4, 0.5) is 11.9 Å². The Morgan fingerprint density at radius 3 is 2.61 bits per heavy atom. The minimum atomic E-state index is -0.0351. The molecule has 6 nitrogen and oxygen atoms in total. The number of halogens is 1. The van der Waals surface area contributed by atoms with Gasteiger partial charge in [0.1, 0.15) is 11.9 Å². The van der Waals surface area contributed by atoms with E-state index in [1.165, 1.54) is 0 Å². The topological polar surface area (TPSA) is 63.2 Å². The molecule has 0 spiro atoms. The van der Waals surface area contributed by atoms with Gasteiger partial charge in [-0.25, -0.2) is 0 Å². The fraction of sp³-hybridized carbons (Fsp3) is 0.438. The predicted octanol–water partition coefficient (Wildman–Crippen LogP) is 2.84. The van der Waals surface area contributed by atoms with Crippen molar-refractivity contribution in [3.63, 3.8) is 0 Å². The summed E-state index contributed by atoms with van der Waals surface area (Å²) in [7, 11) is 3.82. The van der Waals surface area contributed by atoms with Gasteiger partial charge >= 0.3 is 0 Å². The van der Waals surface area contributed by atoms with E-state index < -0.39 is 0 Å². The van der Waals surface area contributed by atoms with Gasteiger partial charge in [0.15, 0.2) is 0 Å². The molecule has 0 aliphatic carbocycles. The molecule has 1 aliphatic rings. The van der Waals surface area contributed by atoms with Gasteiger partial charge in [0.25, 0.3) is 0 Å². The Balaban J connectivity index is 1.80. The summed E-state index contributed by atoms with van der Waals surface area (Å²) >= 11 is 5.96. The largest absolute Gasteiger partial charge is 0.371 e. The van der Waals surface area contributed by atoms with Crippen LogP contribution in [0.5, 0.6) is 0 Å². The Morgan fingerprint density at radius 1 is 1.17 bits per heavy atom.